The number of hydrogen-bond donors (Lipinski definition) is 0. The Bertz CT molecular complexity index is 627. The first-order valence-electron chi connectivity index (χ1n) is 5.81. The van der Waals surface area contributed by atoms with Crippen LogP contribution in [-0.2, 0) is 0 Å². The van der Waals surface area contributed by atoms with E-state index in [0.717, 1.165) is 22.5 Å². The lowest BCUT2D eigenvalue weighted by Crippen LogP contribution is -1.89. The molecule has 0 radical (unpaired) electrons. The highest BCUT2D eigenvalue weighted by Crippen LogP contribution is 2.26. The molecule has 3 nitrogen and oxygen atoms in total. The van der Waals surface area contributed by atoms with Gasteiger partial charge in [-0.1, -0.05) is 11.6 Å². The summed E-state index contributed by atoms with van der Waals surface area (Å²) in [5, 5.41) is 0.661. The smallest absolute Gasteiger partial charge is 0.0725 e. The maximum absolute atomic E-state index is 6.18. The van der Waals surface area contributed by atoms with Gasteiger partial charge < -0.3 is 0 Å². The second-order valence-electron chi connectivity index (χ2n) is 4.03. The molecule has 0 amide bonds. The van der Waals surface area contributed by atoms with Crippen molar-refractivity contribution in [3.63, 3.8) is 0 Å². The summed E-state index contributed by atoms with van der Waals surface area (Å²) in [7, 11) is 0. The molecule has 0 bridgehead atoms. The van der Waals surface area contributed by atoms with E-state index in [1.54, 1.807) is 24.8 Å². The van der Waals surface area contributed by atoms with Crippen molar-refractivity contribution in [1.29, 1.82) is 0 Å². The van der Waals surface area contributed by atoms with Crippen molar-refractivity contribution < 1.29 is 0 Å². The summed E-state index contributed by atoms with van der Waals surface area (Å²) < 4.78 is 0. The lowest BCUT2D eigenvalue weighted by molar-refractivity contribution is 1.27. The fourth-order valence-electron chi connectivity index (χ4n) is 1.84. The molecule has 0 N–H and O–H groups in total. The zero-order valence-electron chi connectivity index (χ0n) is 9.99. The molecule has 0 unspecified atom stereocenters. The van der Waals surface area contributed by atoms with E-state index >= 15 is 0 Å². The fraction of sp³-hybridized carbons (Fsp3) is 0. The van der Waals surface area contributed by atoms with E-state index in [9.17, 15) is 0 Å². The van der Waals surface area contributed by atoms with Gasteiger partial charge in [0.05, 0.1) is 11.4 Å². The Labute approximate surface area is 116 Å². The van der Waals surface area contributed by atoms with Gasteiger partial charge in [0.1, 0.15) is 0 Å². The summed E-state index contributed by atoms with van der Waals surface area (Å²) in [5.74, 6) is 0. The largest absolute Gasteiger partial charge is 0.265 e. The van der Waals surface area contributed by atoms with E-state index in [4.69, 9.17) is 11.6 Å². The minimum Gasteiger partial charge on any atom is -0.265 e. The summed E-state index contributed by atoms with van der Waals surface area (Å²) in [4.78, 5) is 12.6. The summed E-state index contributed by atoms with van der Waals surface area (Å²) in [6, 6.07) is 11.3. The third kappa shape index (κ3) is 2.61. The first-order chi connectivity index (χ1) is 9.33. The van der Waals surface area contributed by atoms with Gasteiger partial charge in [0.2, 0.25) is 0 Å². The molecular weight excluding hydrogens is 258 g/mol. The van der Waals surface area contributed by atoms with Gasteiger partial charge in [-0.3, -0.25) is 9.97 Å². The summed E-state index contributed by atoms with van der Waals surface area (Å²) in [6.45, 7) is 0. The van der Waals surface area contributed by atoms with Crippen molar-refractivity contribution in [2.24, 2.45) is 0 Å². The van der Waals surface area contributed by atoms with E-state index in [0.29, 0.717) is 5.02 Å². The zero-order valence-corrected chi connectivity index (χ0v) is 10.7. The van der Waals surface area contributed by atoms with Crippen LogP contribution in [0.2, 0.25) is 5.02 Å². The number of rotatable bonds is 2. The summed E-state index contributed by atoms with van der Waals surface area (Å²) in [5.41, 5.74) is 3.66. The van der Waals surface area contributed by atoms with Crippen LogP contribution in [-0.4, -0.2) is 15.0 Å². The minimum absolute atomic E-state index is 0.661. The molecule has 0 aliphatic heterocycles. The Morgan fingerprint density at radius 2 is 1.11 bits per heavy atom. The molecule has 3 rings (SSSR count). The predicted molar refractivity (Wildman–Crippen MR) is 75.7 cm³/mol. The maximum Gasteiger partial charge on any atom is 0.0725 e. The van der Waals surface area contributed by atoms with Crippen LogP contribution >= 0.6 is 11.6 Å². The molecule has 0 atom stereocenters. The van der Waals surface area contributed by atoms with Crippen LogP contribution in [0.4, 0.5) is 0 Å². The van der Waals surface area contributed by atoms with E-state index in [1.165, 1.54) is 0 Å². The highest BCUT2D eigenvalue weighted by molar-refractivity contribution is 6.31. The van der Waals surface area contributed by atoms with Gasteiger partial charge in [-0.15, -0.1) is 0 Å². The summed E-state index contributed by atoms with van der Waals surface area (Å²) in [6.07, 6.45) is 6.96. The third-order valence-corrected chi connectivity index (χ3v) is 2.96. The third-order valence-electron chi connectivity index (χ3n) is 2.74. The molecule has 0 aliphatic carbocycles. The van der Waals surface area contributed by atoms with Crippen LogP contribution in [0.15, 0.2) is 61.2 Å². The van der Waals surface area contributed by atoms with Crippen LogP contribution in [0, 0.1) is 0 Å². The van der Waals surface area contributed by atoms with Gasteiger partial charge in [-0.05, 0) is 36.4 Å². The molecule has 4 heteroatoms. The SMILES string of the molecule is Clc1cc(-c2ccncc2)nc(-c2ccncc2)c1. The van der Waals surface area contributed by atoms with Crippen LogP contribution in [0.3, 0.4) is 0 Å². The number of nitrogens with zero attached hydrogens (tertiary/aromatic N) is 3. The zero-order chi connectivity index (χ0) is 13.1. The average molecular weight is 268 g/mol. The highest BCUT2D eigenvalue weighted by Gasteiger charge is 2.05. The Morgan fingerprint density at radius 3 is 1.53 bits per heavy atom. The molecule has 0 aliphatic rings. The number of hydrogen-bond acceptors (Lipinski definition) is 3. The lowest BCUT2D eigenvalue weighted by atomic mass is 10.1. The van der Waals surface area contributed by atoms with Crippen LogP contribution in [0.5, 0.6) is 0 Å². The molecule has 0 fully saturated rings. The van der Waals surface area contributed by atoms with Gasteiger partial charge in [0.25, 0.3) is 0 Å². The Hall–Kier alpha value is -2.26. The Balaban J connectivity index is 2.12. The topological polar surface area (TPSA) is 38.7 Å². The second kappa shape index (κ2) is 5.16. The maximum atomic E-state index is 6.18. The van der Waals surface area contributed by atoms with E-state index in [2.05, 4.69) is 15.0 Å². The molecule has 3 aromatic heterocycles. The minimum atomic E-state index is 0.661. The van der Waals surface area contributed by atoms with Crippen molar-refractivity contribution in [2.75, 3.05) is 0 Å². The van der Waals surface area contributed by atoms with Gasteiger partial charge in [0.15, 0.2) is 0 Å². The molecular formula is C15H10ClN3. The molecule has 0 spiro atoms. The molecule has 3 aromatic rings. The highest BCUT2D eigenvalue weighted by atomic mass is 35.5. The molecule has 19 heavy (non-hydrogen) atoms. The van der Waals surface area contributed by atoms with E-state index in [1.807, 2.05) is 36.4 Å². The monoisotopic (exact) mass is 267 g/mol. The van der Waals surface area contributed by atoms with Crippen molar-refractivity contribution in [1.82, 2.24) is 15.0 Å². The second-order valence-corrected chi connectivity index (χ2v) is 4.46. The molecule has 3 heterocycles. The lowest BCUT2D eigenvalue weighted by Gasteiger charge is -2.06. The van der Waals surface area contributed by atoms with E-state index in [-0.39, 0.29) is 0 Å². The van der Waals surface area contributed by atoms with Crippen molar-refractivity contribution >= 4 is 11.6 Å². The first kappa shape index (κ1) is 11.8. The van der Waals surface area contributed by atoms with Crippen LogP contribution in [0.25, 0.3) is 22.5 Å². The fourth-order valence-corrected chi connectivity index (χ4v) is 2.05. The first-order valence-corrected chi connectivity index (χ1v) is 6.19. The molecule has 92 valence electrons. The van der Waals surface area contributed by atoms with Crippen LogP contribution in [0.1, 0.15) is 0 Å². The Morgan fingerprint density at radius 1 is 0.684 bits per heavy atom. The van der Waals surface area contributed by atoms with Crippen LogP contribution < -0.4 is 0 Å². The quantitative estimate of drug-likeness (QED) is 0.708. The Kier molecular flexibility index (Phi) is 3.21. The average Bonchev–Trinajstić information content (AvgIpc) is 2.48. The normalized spacial score (nSPS) is 10.4. The predicted octanol–water partition coefficient (Wildman–Crippen LogP) is 3.86. The van der Waals surface area contributed by atoms with E-state index < -0.39 is 0 Å². The standard InChI is InChI=1S/C15H10ClN3/c16-13-9-14(11-1-5-17-6-2-11)19-15(10-13)12-3-7-18-8-4-12/h1-10H. The number of halogens is 1. The van der Waals surface area contributed by atoms with Crippen molar-refractivity contribution in [3.05, 3.63) is 66.2 Å². The van der Waals surface area contributed by atoms with Gasteiger partial charge in [-0.2, -0.15) is 0 Å². The summed E-state index contributed by atoms with van der Waals surface area (Å²) >= 11 is 6.18. The number of pyridine rings is 3. The molecule has 0 saturated heterocycles. The van der Waals surface area contributed by atoms with Crippen molar-refractivity contribution in [3.8, 4) is 22.5 Å². The van der Waals surface area contributed by atoms with Gasteiger partial charge in [0, 0.05) is 40.9 Å². The van der Waals surface area contributed by atoms with Gasteiger partial charge in [-0.25, -0.2) is 4.98 Å². The molecule has 0 saturated carbocycles. The van der Waals surface area contributed by atoms with Gasteiger partial charge >= 0.3 is 0 Å². The molecule has 0 aromatic carbocycles. The van der Waals surface area contributed by atoms with Crippen molar-refractivity contribution in [2.45, 2.75) is 0 Å². The number of aromatic nitrogens is 3.